The summed E-state index contributed by atoms with van der Waals surface area (Å²) < 4.78 is 0. The van der Waals surface area contributed by atoms with Crippen molar-refractivity contribution in [1.82, 2.24) is 10.2 Å². The molecule has 1 aliphatic heterocycles. The van der Waals surface area contributed by atoms with Gasteiger partial charge in [-0.25, -0.2) is 0 Å². The Bertz CT molecular complexity index is 351. The Balaban J connectivity index is 1.49. The standard InChI is InChI=1S/C17H30N2O2/c20-17(21)15-8-16(18-9-13-4-1-2-5-13)12-19(11-15)10-14-6-3-7-14/h13-16,18H,1-12H2,(H,20,21). The van der Waals surface area contributed by atoms with E-state index in [1.165, 1.54) is 44.9 Å². The van der Waals surface area contributed by atoms with E-state index in [1.54, 1.807) is 0 Å². The van der Waals surface area contributed by atoms with Gasteiger partial charge in [0.15, 0.2) is 0 Å². The highest BCUT2D eigenvalue weighted by molar-refractivity contribution is 5.70. The minimum Gasteiger partial charge on any atom is -0.481 e. The summed E-state index contributed by atoms with van der Waals surface area (Å²) in [5, 5.41) is 13.1. The van der Waals surface area contributed by atoms with Gasteiger partial charge in [-0.1, -0.05) is 19.3 Å². The lowest BCUT2D eigenvalue weighted by atomic mass is 9.84. The molecule has 4 heteroatoms. The number of hydrogen-bond donors (Lipinski definition) is 2. The molecule has 2 N–H and O–H groups in total. The van der Waals surface area contributed by atoms with Crippen LogP contribution < -0.4 is 5.32 Å². The fourth-order valence-corrected chi connectivity index (χ4v) is 4.25. The topological polar surface area (TPSA) is 52.6 Å². The first-order valence-corrected chi connectivity index (χ1v) is 8.89. The maximum atomic E-state index is 11.4. The molecule has 3 aliphatic rings. The van der Waals surface area contributed by atoms with Crippen molar-refractivity contribution in [1.29, 1.82) is 0 Å². The molecule has 2 saturated carbocycles. The molecule has 0 bridgehead atoms. The van der Waals surface area contributed by atoms with Gasteiger partial charge in [-0.3, -0.25) is 4.79 Å². The molecule has 0 aromatic heterocycles. The molecule has 3 rings (SSSR count). The van der Waals surface area contributed by atoms with E-state index in [-0.39, 0.29) is 5.92 Å². The molecule has 1 saturated heterocycles. The zero-order valence-corrected chi connectivity index (χ0v) is 13.1. The summed E-state index contributed by atoms with van der Waals surface area (Å²) in [6, 6.07) is 0.375. The summed E-state index contributed by atoms with van der Waals surface area (Å²) in [6.45, 7) is 4.01. The van der Waals surface area contributed by atoms with Crippen LogP contribution in [0, 0.1) is 17.8 Å². The number of hydrogen-bond acceptors (Lipinski definition) is 3. The van der Waals surface area contributed by atoms with Gasteiger partial charge in [-0.15, -0.1) is 0 Å². The molecule has 3 fully saturated rings. The van der Waals surface area contributed by atoms with E-state index in [1.807, 2.05) is 0 Å². The summed E-state index contributed by atoms with van der Waals surface area (Å²) in [5.41, 5.74) is 0. The Hall–Kier alpha value is -0.610. The van der Waals surface area contributed by atoms with Crippen molar-refractivity contribution in [2.75, 3.05) is 26.2 Å². The van der Waals surface area contributed by atoms with E-state index in [4.69, 9.17) is 0 Å². The lowest BCUT2D eigenvalue weighted by molar-refractivity contribution is -0.144. The third kappa shape index (κ3) is 4.19. The highest BCUT2D eigenvalue weighted by atomic mass is 16.4. The van der Waals surface area contributed by atoms with Crippen LogP contribution in [0.15, 0.2) is 0 Å². The van der Waals surface area contributed by atoms with E-state index in [9.17, 15) is 9.90 Å². The molecule has 2 atom stereocenters. The number of carboxylic acids is 1. The fraction of sp³-hybridized carbons (Fsp3) is 0.941. The second kappa shape index (κ2) is 7.10. The van der Waals surface area contributed by atoms with Crippen molar-refractivity contribution in [2.45, 2.75) is 57.4 Å². The van der Waals surface area contributed by atoms with E-state index >= 15 is 0 Å². The number of likely N-dealkylation sites (tertiary alicyclic amines) is 1. The van der Waals surface area contributed by atoms with Gasteiger partial charge in [0.05, 0.1) is 5.92 Å². The maximum Gasteiger partial charge on any atom is 0.307 e. The molecule has 0 radical (unpaired) electrons. The normalized spacial score (nSPS) is 32.2. The van der Waals surface area contributed by atoms with Gasteiger partial charge < -0.3 is 15.3 Å². The van der Waals surface area contributed by atoms with E-state index in [2.05, 4.69) is 10.2 Å². The van der Waals surface area contributed by atoms with Crippen molar-refractivity contribution >= 4 is 5.97 Å². The van der Waals surface area contributed by atoms with Crippen molar-refractivity contribution in [3.63, 3.8) is 0 Å². The molecular formula is C17H30N2O2. The predicted octanol–water partition coefficient (Wildman–Crippen LogP) is 2.34. The lowest BCUT2D eigenvalue weighted by Crippen LogP contribution is -2.53. The quantitative estimate of drug-likeness (QED) is 0.789. The summed E-state index contributed by atoms with van der Waals surface area (Å²) in [7, 11) is 0. The molecule has 4 nitrogen and oxygen atoms in total. The van der Waals surface area contributed by atoms with Crippen LogP contribution in [0.25, 0.3) is 0 Å². The Kier molecular flexibility index (Phi) is 5.17. The van der Waals surface area contributed by atoms with Crippen molar-refractivity contribution in [3.05, 3.63) is 0 Å². The first kappa shape index (κ1) is 15.3. The van der Waals surface area contributed by atoms with E-state index in [0.717, 1.165) is 44.4 Å². The first-order valence-electron chi connectivity index (χ1n) is 8.89. The minimum atomic E-state index is -0.610. The molecule has 0 aromatic carbocycles. The van der Waals surface area contributed by atoms with Gasteiger partial charge in [0.1, 0.15) is 0 Å². The second-order valence-corrected chi connectivity index (χ2v) is 7.54. The van der Waals surface area contributed by atoms with Gasteiger partial charge in [-0.2, -0.15) is 0 Å². The molecule has 1 heterocycles. The van der Waals surface area contributed by atoms with Gasteiger partial charge in [-0.05, 0) is 50.5 Å². The minimum absolute atomic E-state index is 0.181. The third-order valence-corrected chi connectivity index (χ3v) is 5.79. The Labute approximate surface area is 128 Å². The number of rotatable bonds is 6. The molecule has 120 valence electrons. The second-order valence-electron chi connectivity index (χ2n) is 7.54. The number of carbonyl (C=O) groups is 1. The van der Waals surface area contributed by atoms with Crippen LogP contribution in [0.2, 0.25) is 0 Å². The molecule has 0 spiro atoms. The molecule has 2 aliphatic carbocycles. The lowest BCUT2D eigenvalue weighted by Gasteiger charge is -2.40. The van der Waals surface area contributed by atoms with Crippen LogP contribution in [0.5, 0.6) is 0 Å². The monoisotopic (exact) mass is 294 g/mol. The van der Waals surface area contributed by atoms with Gasteiger partial charge >= 0.3 is 5.97 Å². The maximum absolute atomic E-state index is 11.4. The largest absolute Gasteiger partial charge is 0.481 e. The van der Waals surface area contributed by atoms with E-state index in [0.29, 0.717) is 6.04 Å². The van der Waals surface area contributed by atoms with Crippen LogP contribution in [-0.2, 0) is 4.79 Å². The van der Waals surface area contributed by atoms with Crippen LogP contribution in [0.3, 0.4) is 0 Å². The van der Waals surface area contributed by atoms with Crippen molar-refractivity contribution in [3.8, 4) is 0 Å². The number of piperidine rings is 1. The number of carboxylic acid groups (broad SMARTS) is 1. The average molecular weight is 294 g/mol. The highest BCUT2D eigenvalue weighted by Gasteiger charge is 2.33. The molecule has 2 unspecified atom stereocenters. The first-order chi connectivity index (χ1) is 10.2. The average Bonchev–Trinajstić information content (AvgIpc) is 2.94. The zero-order chi connectivity index (χ0) is 14.7. The summed E-state index contributed by atoms with van der Waals surface area (Å²) in [5.74, 6) is 0.865. The van der Waals surface area contributed by atoms with Crippen LogP contribution >= 0.6 is 0 Å². The number of nitrogens with zero attached hydrogens (tertiary/aromatic N) is 1. The van der Waals surface area contributed by atoms with Crippen molar-refractivity contribution in [2.24, 2.45) is 17.8 Å². The summed E-state index contributed by atoms with van der Waals surface area (Å²) in [6.07, 6.45) is 10.3. The van der Waals surface area contributed by atoms with Gasteiger partial charge in [0, 0.05) is 25.7 Å². The molecule has 0 amide bonds. The molecule has 21 heavy (non-hydrogen) atoms. The van der Waals surface area contributed by atoms with Gasteiger partial charge in [0.2, 0.25) is 0 Å². The van der Waals surface area contributed by atoms with E-state index < -0.39 is 5.97 Å². The molecular weight excluding hydrogens is 264 g/mol. The Morgan fingerprint density at radius 1 is 1.05 bits per heavy atom. The fourth-order valence-electron chi connectivity index (χ4n) is 4.25. The number of nitrogens with one attached hydrogen (secondary N) is 1. The Morgan fingerprint density at radius 2 is 1.76 bits per heavy atom. The SMILES string of the molecule is O=C(O)C1CC(NCC2CCCC2)CN(CC2CCC2)C1. The van der Waals surface area contributed by atoms with Crippen molar-refractivity contribution < 1.29 is 9.90 Å². The zero-order valence-electron chi connectivity index (χ0n) is 13.1. The smallest absolute Gasteiger partial charge is 0.307 e. The highest BCUT2D eigenvalue weighted by Crippen LogP contribution is 2.29. The van der Waals surface area contributed by atoms with Crippen LogP contribution in [-0.4, -0.2) is 48.2 Å². The van der Waals surface area contributed by atoms with Gasteiger partial charge in [0.25, 0.3) is 0 Å². The van der Waals surface area contributed by atoms with Crippen LogP contribution in [0.4, 0.5) is 0 Å². The summed E-state index contributed by atoms with van der Waals surface area (Å²) >= 11 is 0. The molecule has 0 aromatic rings. The predicted molar refractivity (Wildman–Crippen MR) is 83.3 cm³/mol. The third-order valence-electron chi connectivity index (χ3n) is 5.79. The Morgan fingerprint density at radius 3 is 2.38 bits per heavy atom. The summed E-state index contributed by atoms with van der Waals surface area (Å²) in [4.78, 5) is 13.8. The van der Waals surface area contributed by atoms with Crippen LogP contribution in [0.1, 0.15) is 51.4 Å². The number of aliphatic carboxylic acids is 1.